The second-order valence-electron chi connectivity index (χ2n) is 7.67. The molecule has 0 N–H and O–H groups in total. The zero-order valence-corrected chi connectivity index (χ0v) is 17.3. The maximum Gasteiger partial charge on any atom is 0.282 e. The van der Waals surface area contributed by atoms with Crippen LogP contribution in [-0.2, 0) is 19.7 Å². The van der Waals surface area contributed by atoms with Crippen LogP contribution in [0.4, 0.5) is 0 Å². The van der Waals surface area contributed by atoms with Crippen LogP contribution < -0.4 is 0 Å². The minimum absolute atomic E-state index is 0.189. The summed E-state index contributed by atoms with van der Waals surface area (Å²) in [6.07, 6.45) is 5.94. The van der Waals surface area contributed by atoms with Gasteiger partial charge in [0.15, 0.2) is 0 Å². The Morgan fingerprint density at radius 2 is 1.56 bits per heavy atom. The molecule has 0 unspecified atom stereocenters. The standard InChI is InChI=1S/C18H34N4O4S/c1-2-22(17-6-4-3-5-7-17)18(23)16-19-8-10-20(11-9-19)27(24,25)21-12-14-26-15-13-21/h17H,2-16H2,1H3. The largest absolute Gasteiger partial charge is 0.379 e. The van der Waals surface area contributed by atoms with Crippen LogP contribution in [0.5, 0.6) is 0 Å². The van der Waals surface area contributed by atoms with Gasteiger partial charge in [0.1, 0.15) is 0 Å². The predicted molar refractivity (Wildman–Crippen MR) is 104 cm³/mol. The van der Waals surface area contributed by atoms with E-state index in [0.717, 1.165) is 19.4 Å². The average molecular weight is 403 g/mol. The molecule has 2 heterocycles. The number of rotatable bonds is 6. The maximum absolute atomic E-state index is 12.8. The van der Waals surface area contributed by atoms with Gasteiger partial charge in [-0.25, -0.2) is 0 Å². The van der Waals surface area contributed by atoms with Crippen molar-refractivity contribution < 1.29 is 17.9 Å². The van der Waals surface area contributed by atoms with Crippen molar-refractivity contribution in [1.82, 2.24) is 18.4 Å². The predicted octanol–water partition coefficient (Wildman–Crippen LogP) is 0.362. The minimum atomic E-state index is -3.41. The molecule has 8 nitrogen and oxygen atoms in total. The Bertz CT molecular complexity index is 580. The van der Waals surface area contributed by atoms with Crippen LogP contribution in [0.15, 0.2) is 0 Å². The van der Waals surface area contributed by atoms with E-state index in [-0.39, 0.29) is 5.91 Å². The van der Waals surface area contributed by atoms with Crippen molar-refractivity contribution in [2.24, 2.45) is 0 Å². The lowest BCUT2D eigenvalue weighted by Gasteiger charge is -2.39. The van der Waals surface area contributed by atoms with Gasteiger partial charge in [0.25, 0.3) is 10.2 Å². The topological polar surface area (TPSA) is 73.4 Å². The number of carbonyl (C=O) groups is 1. The molecule has 3 fully saturated rings. The molecule has 0 bridgehead atoms. The molecule has 0 spiro atoms. The molecule has 0 radical (unpaired) electrons. The SMILES string of the molecule is CCN(C(=O)CN1CCN(S(=O)(=O)N2CCOCC2)CC1)C1CCCCC1. The zero-order valence-electron chi connectivity index (χ0n) is 16.5. The Labute approximate surface area is 163 Å². The third kappa shape index (κ3) is 5.20. The molecule has 9 heteroatoms. The lowest BCUT2D eigenvalue weighted by atomic mass is 9.94. The molecule has 0 aromatic carbocycles. The van der Waals surface area contributed by atoms with Gasteiger partial charge in [-0.05, 0) is 19.8 Å². The van der Waals surface area contributed by atoms with Crippen LogP contribution >= 0.6 is 0 Å². The fourth-order valence-electron chi connectivity index (χ4n) is 4.37. The molecule has 27 heavy (non-hydrogen) atoms. The first-order valence-electron chi connectivity index (χ1n) is 10.4. The number of morpholine rings is 1. The summed E-state index contributed by atoms with van der Waals surface area (Å²) in [6.45, 7) is 7.09. The third-order valence-corrected chi connectivity index (χ3v) is 8.02. The van der Waals surface area contributed by atoms with E-state index < -0.39 is 10.2 Å². The molecule has 156 valence electrons. The molecule has 1 aliphatic carbocycles. The number of hydrogen-bond donors (Lipinski definition) is 0. The van der Waals surface area contributed by atoms with Crippen LogP contribution in [0.3, 0.4) is 0 Å². The number of nitrogens with zero attached hydrogens (tertiary/aromatic N) is 4. The van der Waals surface area contributed by atoms with Crippen LogP contribution in [0, 0.1) is 0 Å². The molecule has 0 aromatic rings. The third-order valence-electron chi connectivity index (χ3n) is 5.99. The first-order chi connectivity index (χ1) is 13.0. The van der Waals surface area contributed by atoms with Crippen LogP contribution in [0.1, 0.15) is 39.0 Å². The second kappa shape index (κ2) is 9.65. The van der Waals surface area contributed by atoms with Gasteiger partial charge in [0, 0.05) is 51.9 Å². The molecule has 3 aliphatic rings. The van der Waals surface area contributed by atoms with Crippen molar-refractivity contribution in [3.8, 4) is 0 Å². The van der Waals surface area contributed by atoms with E-state index in [1.54, 1.807) is 4.31 Å². The summed E-state index contributed by atoms with van der Waals surface area (Å²) < 4.78 is 33.8. The fraction of sp³-hybridized carbons (Fsp3) is 0.944. The average Bonchev–Trinajstić information content (AvgIpc) is 2.70. The maximum atomic E-state index is 12.8. The Hall–Kier alpha value is -0.740. The van der Waals surface area contributed by atoms with E-state index in [9.17, 15) is 13.2 Å². The van der Waals surface area contributed by atoms with Crippen molar-refractivity contribution in [3.63, 3.8) is 0 Å². The summed E-state index contributed by atoms with van der Waals surface area (Å²) in [7, 11) is -3.41. The van der Waals surface area contributed by atoms with Crippen molar-refractivity contribution in [1.29, 1.82) is 0 Å². The molecule has 1 saturated carbocycles. The summed E-state index contributed by atoms with van der Waals surface area (Å²) in [6, 6.07) is 0.388. The zero-order chi connectivity index (χ0) is 19.3. The van der Waals surface area contributed by atoms with Crippen LogP contribution in [-0.4, -0.2) is 104 Å². The van der Waals surface area contributed by atoms with Crippen molar-refractivity contribution in [2.45, 2.75) is 45.1 Å². The van der Waals surface area contributed by atoms with E-state index in [2.05, 4.69) is 11.8 Å². The Morgan fingerprint density at radius 1 is 0.963 bits per heavy atom. The van der Waals surface area contributed by atoms with Gasteiger partial charge in [-0.2, -0.15) is 17.0 Å². The highest BCUT2D eigenvalue weighted by Gasteiger charge is 2.34. The van der Waals surface area contributed by atoms with Gasteiger partial charge in [-0.1, -0.05) is 19.3 Å². The highest BCUT2D eigenvalue weighted by atomic mass is 32.2. The molecule has 0 atom stereocenters. The molecule has 2 aliphatic heterocycles. The van der Waals surface area contributed by atoms with Gasteiger partial charge in [0.05, 0.1) is 19.8 Å². The Balaban J connectivity index is 1.49. The first kappa shape index (κ1) is 21.0. The molecular formula is C18H34N4O4S. The van der Waals surface area contributed by atoms with Crippen molar-refractivity contribution >= 4 is 16.1 Å². The molecule has 0 aromatic heterocycles. The number of carbonyl (C=O) groups excluding carboxylic acids is 1. The Kier molecular flexibility index (Phi) is 7.49. The molecule has 2 saturated heterocycles. The van der Waals surface area contributed by atoms with E-state index in [4.69, 9.17) is 4.74 Å². The highest BCUT2D eigenvalue weighted by molar-refractivity contribution is 7.86. The monoisotopic (exact) mass is 402 g/mol. The van der Waals surface area contributed by atoms with Crippen molar-refractivity contribution in [3.05, 3.63) is 0 Å². The summed E-state index contributed by atoms with van der Waals surface area (Å²) in [5.74, 6) is 0.189. The van der Waals surface area contributed by atoms with Gasteiger partial charge in [0.2, 0.25) is 5.91 Å². The minimum Gasteiger partial charge on any atom is -0.379 e. The quantitative estimate of drug-likeness (QED) is 0.642. The fourth-order valence-corrected chi connectivity index (χ4v) is 5.93. The van der Waals surface area contributed by atoms with Gasteiger partial charge >= 0.3 is 0 Å². The number of likely N-dealkylation sites (N-methyl/N-ethyl adjacent to an activating group) is 1. The lowest BCUT2D eigenvalue weighted by Crippen LogP contribution is -2.56. The smallest absolute Gasteiger partial charge is 0.282 e. The highest BCUT2D eigenvalue weighted by Crippen LogP contribution is 2.23. The Morgan fingerprint density at radius 3 is 2.15 bits per heavy atom. The summed E-state index contributed by atoms with van der Waals surface area (Å²) >= 11 is 0. The van der Waals surface area contributed by atoms with Gasteiger partial charge in [-0.3, -0.25) is 9.69 Å². The first-order valence-corrected chi connectivity index (χ1v) is 11.8. The molecular weight excluding hydrogens is 368 g/mol. The normalized spacial score (nSPS) is 24.8. The number of amides is 1. The van der Waals surface area contributed by atoms with Crippen LogP contribution in [0.25, 0.3) is 0 Å². The van der Waals surface area contributed by atoms with E-state index in [0.29, 0.717) is 65.1 Å². The van der Waals surface area contributed by atoms with Gasteiger partial charge < -0.3 is 9.64 Å². The number of ether oxygens (including phenoxy) is 1. The number of hydrogen-bond acceptors (Lipinski definition) is 5. The lowest BCUT2D eigenvalue weighted by molar-refractivity contribution is -0.135. The summed E-state index contributed by atoms with van der Waals surface area (Å²) in [5.41, 5.74) is 0. The van der Waals surface area contributed by atoms with E-state index >= 15 is 0 Å². The van der Waals surface area contributed by atoms with E-state index in [1.807, 2.05) is 4.90 Å². The number of piperazine rings is 1. The molecule has 3 rings (SSSR count). The van der Waals surface area contributed by atoms with Crippen molar-refractivity contribution in [2.75, 3.05) is 65.6 Å². The summed E-state index contributed by atoms with van der Waals surface area (Å²) in [4.78, 5) is 16.9. The van der Waals surface area contributed by atoms with Gasteiger partial charge in [-0.15, -0.1) is 0 Å². The second-order valence-corrected chi connectivity index (χ2v) is 9.59. The summed E-state index contributed by atoms with van der Waals surface area (Å²) in [5, 5.41) is 0. The molecule has 1 amide bonds. The van der Waals surface area contributed by atoms with E-state index in [1.165, 1.54) is 23.6 Å². The van der Waals surface area contributed by atoms with Crippen LogP contribution in [0.2, 0.25) is 0 Å².